The molecular weight excluding hydrogens is 311 g/mol. The predicted octanol–water partition coefficient (Wildman–Crippen LogP) is 3.37. The van der Waals surface area contributed by atoms with Gasteiger partial charge in [0.1, 0.15) is 5.69 Å². The van der Waals surface area contributed by atoms with Crippen LogP contribution < -0.4 is 10.6 Å². The van der Waals surface area contributed by atoms with E-state index < -0.39 is 11.9 Å². The minimum Gasteiger partial charge on any atom is -0.370 e. The molecule has 1 saturated heterocycles. The fourth-order valence-electron chi connectivity index (χ4n) is 2.64. The quantitative estimate of drug-likeness (QED) is 0.878. The van der Waals surface area contributed by atoms with E-state index in [1.807, 2.05) is 23.3 Å². The van der Waals surface area contributed by atoms with Crippen LogP contribution in [0.4, 0.5) is 18.9 Å². The van der Waals surface area contributed by atoms with Gasteiger partial charge in [0.25, 0.3) is 0 Å². The van der Waals surface area contributed by atoms with Gasteiger partial charge in [0.2, 0.25) is 0 Å². The van der Waals surface area contributed by atoms with Crippen LogP contribution in [0.25, 0.3) is 10.9 Å². The highest BCUT2D eigenvalue weighted by Crippen LogP contribution is 2.37. The van der Waals surface area contributed by atoms with E-state index in [0.717, 1.165) is 16.3 Å². The van der Waals surface area contributed by atoms with E-state index in [0.29, 0.717) is 36.8 Å². The Labute approximate surface area is 130 Å². The molecule has 2 aromatic rings. The second kappa shape index (κ2) is 5.62. The average Bonchev–Trinajstić information content (AvgIpc) is 2.44. The van der Waals surface area contributed by atoms with Gasteiger partial charge in [-0.3, -0.25) is 0 Å². The molecule has 0 aliphatic carbocycles. The second-order valence-electron chi connectivity index (χ2n) is 5.41. The van der Waals surface area contributed by atoms with Gasteiger partial charge in [0.05, 0.1) is 5.52 Å². The largest absolute Gasteiger partial charge is 0.433 e. The van der Waals surface area contributed by atoms with Crippen molar-refractivity contribution in [1.29, 1.82) is 0 Å². The minimum absolute atomic E-state index is 0.350. The predicted molar refractivity (Wildman–Crippen MR) is 83.3 cm³/mol. The average molecular weight is 327 g/mol. The van der Waals surface area contributed by atoms with E-state index in [-0.39, 0.29) is 0 Å². The number of hydrogen-bond acceptors (Lipinski definition) is 4. The first-order chi connectivity index (χ1) is 10.4. The van der Waals surface area contributed by atoms with E-state index in [9.17, 15) is 13.2 Å². The van der Waals surface area contributed by atoms with Gasteiger partial charge in [0.15, 0.2) is 0 Å². The summed E-state index contributed by atoms with van der Waals surface area (Å²) < 4.78 is 39.3. The Morgan fingerprint density at radius 1 is 1.32 bits per heavy atom. The zero-order valence-corrected chi connectivity index (χ0v) is 12.8. The molecule has 0 atom stereocenters. The first-order valence-corrected chi connectivity index (χ1v) is 8.16. The summed E-state index contributed by atoms with van der Waals surface area (Å²) in [5, 5.41) is 0.751. The van der Waals surface area contributed by atoms with Crippen LogP contribution in [0.5, 0.6) is 0 Å². The molecule has 1 aromatic heterocycles. The third-order valence-electron chi connectivity index (χ3n) is 3.92. The first-order valence-electron chi connectivity index (χ1n) is 6.93. The highest BCUT2D eigenvalue weighted by molar-refractivity contribution is 7.98. The third-order valence-corrected chi connectivity index (χ3v) is 4.64. The lowest BCUT2D eigenvalue weighted by Crippen LogP contribution is -2.50. The van der Waals surface area contributed by atoms with Crippen LogP contribution in [0.1, 0.15) is 5.69 Å². The lowest BCUT2D eigenvalue weighted by atomic mass is 9.98. The molecule has 1 aromatic carbocycles. The number of alkyl halides is 3. The number of fused-ring (bicyclic) bond motifs is 1. The molecule has 0 radical (unpaired) electrons. The number of anilines is 1. The molecule has 1 fully saturated rings. The molecule has 1 aliphatic rings. The summed E-state index contributed by atoms with van der Waals surface area (Å²) in [5.41, 5.74) is 5.73. The number of aromatic nitrogens is 1. The third kappa shape index (κ3) is 2.75. The summed E-state index contributed by atoms with van der Waals surface area (Å²) in [6, 6.07) is 6.61. The van der Waals surface area contributed by atoms with Crippen molar-refractivity contribution in [2.24, 2.45) is 11.7 Å². The van der Waals surface area contributed by atoms with Crippen molar-refractivity contribution in [3.63, 3.8) is 0 Å². The Balaban J connectivity index is 2.12. The Morgan fingerprint density at radius 3 is 2.64 bits per heavy atom. The van der Waals surface area contributed by atoms with E-state index in [1.54, 1.807) is 6.07 Å². The van der Waals surface area contributed by atoms with Crippen molar-refractivity contribution in [2.75, 3.05) is 30.8 Å². The maximum Gasteiger partial charge on any atom is 0.433 e. The normalized spacial score (nSPS) is 16.1. The molecule has 22 heavy (non-hydrogen) atoms. The van der Waals surface area contributed by atoms with Crippen molar-refractivity contribution in [3.05, 3.63) is 30.0 Å². The number of nitrogens with zero attached hydrogens (tertiary/aromatic N) is 2. The summed E-state index contributed by atoms with van der Waals surface area (Å²) in [6.07, 6.45) is -2.56. The van der Waals surface area contributed by atoms with Gasteiger partial charge >= 0.3 is 6.18 Å². The molecule has 0 bridgehead atoms. The topological polar surface area (TPSA) is 42.1 Å². The first kappa shape index (κ1) is 15.4. The van der Waals surface area contributed by atoms with Crippen molar-refractivity contribution < 1.29 is 13.2 Å². The lowest BCUT2D eigenvalue weighted by molar-refractivity contribution is -0.140. The van der Waals surface area contributed by atoms with E-state index in [2.05, 4.69) is 4.98 Å². The zero-order valence-electron chi connectivity index (χ0n) is 12.0. The molecule has 3 nitrogen and oxygen atoms in total. The Morgan fingerprint density at radius 2 is 2.05 bits per heavy atom. The standard InChI is InChI=1S/C15H16F3N3S/c1-22-10-2-3-11-12(4-10)20-14(15(16,17)18)5-13(11)21-7-9(6-19)8-21/h2-5,9H,6-8,19H2,1H3. The molecule has 0 spiro atoms. The molecule has 3 rings (SSSR count). The Kier molecular flexibility index (Phi) is 3.94. The second-order valence-corrected chi connectivity index (χ2v) is 6.29. The number of thioether (sulfide) groups is 1. The van der Waals surface area contributed by atoms with E-state index in [1.165, 1.54) is 11.8 Å². The molecule has 0 saturated carbocycles. The zero-order chi connectivity index (χ0) is 15.9. The van der Waals surface area contributed by atoms with Crippen molar-refractivity contribution >= 4 is 28.4 Å². The number of benzene rings is 1. The van der Waals surface area contributed by atoms with Gasteiger partial charge in [-0.05, 0) is 37.1 Å². The summed E-state index contributed by atoms with van der Waals surface area (Å²) in [4.78, 5) is 6.64. The van der Waals surface area contributed by atoms with Gasteiger partial charge in [0, 0.05) is 35.0 Å². The molecule has 0 unspecified atom stereocenters. The van der Waals surface area contributed by atoms with Crippen molar-refractivity contribution in [1.82, 2.24) is 4.98 Å². The van der Waals surface area contributed by atoms with Gasteiger partial charge in [-0.25, -0.2) is 4.98 Å². The Hall–Kier alpha value is -1.47. The van der Waals surface area contributed by atoms with E-state index in [4.69, 9.17) is 5.73 Å². The summed E-state index contributed by atoms with van der Waals surface area (Å²) in [6.45, 7) is 1.94. The highest BCUT2D eigenvalue weighted by atomic mass is 32.2. The van der Waals surface area contributed by atoms with E-state index >= 15 is 0 Å². The van der Waals surface area contributed by atoms with Crippen LogP contribution in [-0.4, -0.2) is 30.9 Å². The van der Waals surface area contributed by atoms with Crippen LogP contribution in [0.15, 0.2) is 29.2 Å². The molecule has 7 heteroatoms. The van der Waals surface area contributed by atoms with Crippen LogP contribution >= 0.6 is 11.8 Å². The highest BCUT2D eigenvalue weighted by Gasteiger charge is 2.35. The molecular formula is C15H16F3N3S. The van der Waals surface area contributed by atoms with Crippen molar-refractivity contribution in [2.45, 2.75) is 11.1 Å². The molecule has 0 amide bonds. The molecule has 118 valence electrons. The maximum absolute atomic E-state index is 13.1. The van der Waals surface area contributed by atoms with Crippen LogP contribution in [0.2, 0.25) is 0 Å². The number of rotatable bonds is 3. The number of nitrogens with two attached hydrogens (primary N) is 1. The fraction of sp³-hybridized carbons (Fsp3) is 0.400. The lowest BCUT2D eigenvalue weighted by Gasteiger charge is -2.41. The minimum atomic E-state index is -4.45. The van der Waals surface area contributed by atoms with Gasteiger partial charge in [-0.1, -0.05) is 0 Å². The fourth-order valence-corrected chi connectivity index (χ4v) is 3.07. The number of hydrogen-bond donors (Lipinski definition) is 1. The van der Waals surface area contributed by atoms with Crippen LogP contribution in [0, 0.1) is 5.92 Å². The Bertz CT molecular complexity index is 696. The summed E-state index contributed by atoms with van der Waals surface area (Å²) in [7, 11) is 0. The van der Waals surface area contributed by atoms with Gasteiger partial charge in [-0.2, -0.15) is 13.2 Å². The maximum atomic E-state index is 13.1. The smallest absolute Gasteiger partial charge is 0.370 e. The number of halogens is 3. The van der Waals surface area contributed by atoms with Gasteiger partial charge in [-0.15, -0.1) is 11.8 Å². The summed E-state index contributed by atoms with van der Waals surface area (Å²) in [5.74, 6) is 0.350. The van der Waals surface area contributed by atoms with Crippen LogP contribution in [0.3, 0.4) is 0 Å². The molecule has 2 heterocycles. The monoisotopic (exact) mass is 327 g/mol. The van der Waals surface area contributed by atoms with Gasteiger partial charge < -0.3 is 10.6 Å². The van der Waals surface area contributed by atoms with Crippen LogP contribution in [-0.2, 0) is 6.18 Å². The SMILES string of the molecule is CSc1ccc2c(N3CC(CN)C3)cc(C(F)(F)F)nc2c1. The molecule has 1 aliphatic heterocycles. The van der Waals surface area contributed by atoms with Crippen molar-refractivity contribution in [3.8, 4) is 0 Å². The summed E-state index contributed by atoms with van der Waals surface area (Å²) >= 11 is 1.48. The molecule has 2 N–H and O–H groups in total. The number of pyridine rings is 1.